The van der Waals surface area contributed by atoms with Gasteiger partial charge in [0, 0.05) is 6.54 Å². The topological polar surface area (TPSA) is 116 Å². The number of imidazole rings is 1. The predicted molar refractivity (Wildman–Crippen MR) is 114 cm³/mol. The molecule has 0 spiro atoms. The Hall–Kier alpha value is -2.56. The Morgan fingerprint density at radius 3 is 2.69 bits per heavy atom. The number of nitrogens with two attached hydrogens (primary N) is 1. The number of hydrogen-bond donors (Lipinski definition) is 2. The van der Waals surface area contributed by atoms with Crippen LogP contribution in [0, 0.1) is 0 Å². The lowest BCUT2D eigenvalue weighted by Crippen LogP contribution is -2.23. The first-order valence-corrected chi connectivity index (χ1v) is 11.3. The Labute approximate surface area is 173 Å². The van der Waals surface area contributed by atoms with E-state index in [0.29, 0.717) is 28.7 Å². The SMILES string of the molecule is CCn1c(SC(C)C(=O)Nc2ccccc2OC)nc2cc(S(N)(=O)=O)ccc21. The van der Waals surface area contributed by atoms with Crippen LogP contribution in [0.4, 0.5) is 5.69 Å². The van der Waals surface area contributed by atoms with Gasteiger partial charge in [-0.25, -0.2) is 18.5 Å². The summed E-state index contributed by atoms with van der Waals surface area (Å²) in [5, 5.41) is 8.25. The Bertz CT molecular complexity index is 1160. The molecule has 0 bridgehead atoms. The Balaban J connectivity index is 1.85. The standard InChI is InChI=1S/C19H22N4O4S2/c1-4-23-16-10-9-13(29(20,25)26)11-15(16)22-19(23)28-12(2)18(24)21-14-7-5-6-8-17(14)27-3/h5-12H,4H2,1-3H3,(H,21,24)(H2,20,25,26). The third kappa shape index (κ3) is 4.55. The van der Waals surface area contributed by atoms with Crippen LogP contribution < -0.4 is 15.2 Å². The smallest absolute Gasteiger partial charge is 0.238 e. The molecule has 0 aliphatic heterocycles. The number of aryl methyl sites for hydroxylation is 1. The number of carbonyl (C=O) groups excluding carboxylic acids is 1. The highest BCUT2D eigenvalue weighted by Crippen LogP contribution is 2.30. The van der Waals surface area contributed by atoms with Crippen molar-refractivity contribution in [1.82, 2.24) is 9.55 Å². The number of rotatable bonds is 7. The minimum atomic E-state index is -3.81. The van der Waals surface area contributed by atoms with E-state index >= 15 is 0 Å². The van der Waals surface area contributed by atoms with Crippen LogP contribution in [-0.2, 0) is 21.4 Å². The minimum absolute atomic E-state index is 0.00395. The van der Waals surface area contributed by atoms with Crippen LogP contribution >= 0.6 is 11.8 Å². The summed E-state index contributed by atoms with van der Waals surface area (Å²) in [5.74, 6) is 0.383. The third-order valence-corrected chi connectivity index (χ3v) is 6.35. The number of methoxy groups -OCH3 is 1. The lowest BCUT2D eigenvalue weighted by Gasteiger charge is -2.14. The summed E-state index contributed by atoms with van der Waals surface area (Å²) in [7, 11) is -2.27. The molecule has 0 saturated carbocycles. The Kier molecular flexibility index (Phi) is 6.15. The van der Waals surface area contributed by atoms with Crippen molar-refractivity contribution in [3.8, 4) is 5.75 Å². The van der Waals surface area contributed by atoms with E-state index in [9.17, 15) is 13.2 Å². The second-order valence-electron chi connectivity index (χ2n) is 6.28. The molecule has 1 atom stereocenters. The maximum Gasteiger partial charge on any atom is 0.238 e. The third-order valence-electron chi connectivity index (χ3n) is 4.35. The van der Waals surface area contributed by atoms with Gasteiger partial charge in [0.2, 0.25) is 15.9 Å². The molecular formula is C19H22N4O4S2. The molecule has 1 unspecified atom stereocenters. The summed E-state index contributed by atoms with van der Waals surface area (Å²) < 4.78 is 30.4. The van der Waals surface area contributed by atoms with Crippen LogP contribution in [0.25, 0.3) is 11.0 Å². The average molecular weight is 435 g/mol. The van der Waals surface area contributed by atoms with Crippen LogP contribution in [0.3, 0.4) is 0 Å². The van der Waals surface area contributed by atoms with Crippen molar-refractivity contribution in [2.24, 2.45) is 5.14 Å². The van der Waals surface area contributed by atoms with Crippen LogP contribution in [0.5, 0.6) is 5.75 Å². The predicted octanol–water partition coefficient (Wildman–Crippen LogP) is 2.83. The summed E-state index contributed by atoms with van der Waals surface area (Å²) in [4.78, 5) is 17.2. The zero-order valence-electron chi connectivity index (χ0n) is 16.2. The first-order valence-electron chi connectivity index (χ1n) is 8.88. The number of carbonyl (C=O) groups is 1. The van der Waals surface area contributed by atoms with Crippen molar-refractivity contribution in [3.05, 3.63) is 42.5 Å². The highest BCUT2D eigenvalue weighted by molar-refractivity contribution is 8.00. The van der Waals surface area contributed by atoms with E-state index in [2.05, 4.69) is 10.3 Å². The number of nitrogens with one attached hydrogen (secondary N) is 1. The van der Waals surface area contributed by atoms with Gasteiger partial charge in [-0.1, -0.05) is 23.9 Å². The van der Waals surface area contributed by atoms with Crippen molar-refractivity contribution in [3.63, 3.8) is 0 Å². The number of ether oxygens (including phenoxy) is 1. The zero-order valence-corrected chi connectivity index (χ0v) is 17.9. The molecule has 10 heteroatoms. The number of hydrogen-bond acceptors (Lipinski definition) is 6. The van der Waals surface area contributed by atoms with Crippen LogP contribution in [-0.4, -0.2) is 36.2 Å². The quantitative estimate of drug-likeness (QED) is 0.552. The van der Waals surface area contributed by atoms with Gasteiger partial charge in [0.1, 0.15) is 5.75 Å². The molecule has 1 heterocycles. The van der Waals surface area contributed by atoms with Gasteiger partial charge in [0.05, 0.1) is 34.0 Å². The largest absolute Gasteiger partial charge is 0.495 e. The van der Waals surface area contributed by atoms with E-state index in [0.717, 1.165) is 5.52 Å². The molecule has 1 amide bonds. The molecule has 0 fully saturated rings. The fourth-order valence-electron chi connectivity index (χ4n) is 2.85. The van der Waals surface area contributed by atoms with E-state index in [1.165, 1.54) is 23.9 Å². The Morgan fingerprint density at radius 2 is 2.03 bits per heavy atom. The lowest BCUT2D eigenvalue weighted by atomic mass is 10.3. The van der Waals surface area contributed by atoms with Gasteiger partial charge in [-0.2, -0.15) is 0 Å². The van der Waals surface area contributed by atoms with E-state index in [1.807, 2.05) is 23.6 Å². The molecule has 0 radical (unpaired) electrons. The summed E-state index contributed by atoms with van der Waals surface area (Å²) in [5.41, 5.74) is 1.88. The molecule has 154 valence electrons. The maximum atomic E-state index is 12.7. The summed E-state index contributed by atoms with van der Waals surface area (Å²) >= 11 is 1.29. The number of benzene rings is 2. The van der Waals surface area contributed by atoms with Crippen molar-refractivity contribution >= 4 is 44.4 Å². The second kappa shape index (κ2) is 8.44. The number of para-hydroxylation sites is 2. The van der Waals surface area contributed by atoms with Crippen molar-refractivity contribution in [1.29, 1.82) is 0 Å². The number of thioether (sulfide) groups is 1. The number of amides is 1. The number of sulfonamides is 1. The maximum absolute atomic E-state index is 12.7. The summed E-state index contributed by atoms with van der Waals surface area (Å²) in [6, 6.07) is 11.8. The number of nitrogens with zero attached hydrogens (tertiary/aromatic N) is 2. The number of anilines is 1. The molecule has 3 aromatic rings. The van der Waals surface area contributed by atoms with E-state index < -0.39 is 15.3 Å². The molecule has 2 aromatic carbocycles. The molecule has 1 aromatic heterocycles. The lowest BCUT2D eigenvalue weighted by molar-refractivity contribution is -0.115. The highest BCUT2D eigenvalue weighted by Gasteiger charge is 2.21. The Morgan fingerprint density at radius 1 is 1.31 bits per heavy atom. The first kappa shape index (κ1) is 21.2. The zero-order chi connectivity index (χ0) is 21.2. The molecule has 3 rings (SSSR count). The molecular weight excluding hydrogens is 412 g/mol. The normalized spacial score (nSPS) is 12.7. The van der Waals surface area contributed by atoms with Gasteiger partial charge >= 0.3 is 0 Å². The van der Waals surface area contributed by atoms with E-state index in [1.54, 1.807) is 32.2 Å². The number of fused-ring (bicyclic) bond motifs is 1. The second-order valence-corrected chi connectivity index (χ2v) is 9.15. The summed E-state index contributed by atoms with van der Waals surface area (Å²) in [6.45, 7) is 4.36. The fourth-order valence-corrected chi connectivity index (χ4v) is 4.38. The molecule has 0 saturated heterocycles. The monoisotopic (exact) mass is 434 g/mol. The van der Waals surface area contributed by atoms with Crippen molar-refractivity contribution in [2.75, 3.05) is 12.4 Å². The number of aromatic nitrogens is 2. The van der Waals surface area contributed by atoms with Gasteiger partial charge in [-0.05, 0) is 44.2 Å². The average Bonchev–Trinajstić information content (AvgIpc) is 3.03. The van der Waals surface area contributed by atoms with E-state index in [-0.39, 0.29) is 10.8 Å². The molecule has 0 aliphatic carbocycles. The van der Waals surface area contributed by atoms with Gasteiger partial charge in [0.25, 0.3) is 0 Å². The summed E-state index contributed by atoms with van der Waals surface area (Å²) in [6.07, 6.45) is 0. The van der Waals surface area contributed by atoms with Gasteiger partial charge < -0.3 is 14.6 Å². The first-order chi connectivity index (χ1) is 13.7. The molecule has 8 nitrogen and oxygen atoms in total. The molecule has 0 aliphatic rings. The fraction of sp³-hybridized carbons (Fsp3) is 0.263. The van der Waals surface area contributed by atoms with Crippen molar-refractivity contribution < 1.29 is 17.9 Å². The molecule has 29 heavy (non-hydrogen) atoms. The van der Waals surface area contributed by atoms with Crippen molar-refractivity contribution in [2.45, 2.75) is 35.7 Å². The van der Waals surface area contributed by atoms with Crippen LogP contribution in [0.1, 0.15) is 13.8 Å². The number of primary sulfonamides is 1. The van der Waals surface area contributed by atoms with Gasteiger partial charge in [-0.3, -0.25) is 4.79 Å². The van der Waals surface area contributed by atoms with Gasteiger partial charge in [-0.15, -0.1) is 0 Å². The molecule has 3 N–H and O–H groups in total. The van der Waals surface area contributed by atoms with Gasteiger partial charge in [0.15, 0.2) is 5.16 Å². The van der Waals surface area contributed by atoms with Crippen LogP contribution in [0.15, 0.2) is 52.5 Å². The van der Waals surface area contributed by atoms with E-state index in [4.69, 9.17) is 9.88 Å². The minimum Gasteiger partial charge on any atom is -0.495 e. The van der Waals surface area contributed by atoms with Crippen LogP contribution in [0.2, 0.25) is 0 Å². The highest BCUT2D eigenvalue weighted by atomic mass is 32.2.